The van der Waals surface area contributed by atoms with Crippen LogP contribution in [0.1, 0.15) is 49.9 Å². The van der Waals surface area contributed by atoms with Gasteiger partial charge in [0.1, 0.15) is 5.25 Å². The highest BCUT2D eigenvalue weighted by Crippen LogP contribution is 2.29. The van der Waals surface area contributed by atoms with Crippen molar-refractivity contribution in [2.75, 3.05) is 32.1 Å². The summed E-state index contributed by atoms with van der Waals surface area (Å²) in [7, 11) is 1.64. The van der Waals surface area contributed by atoms with Gasteiger partial charge in [-0.3, -0.25) is 14.4 Å². The highest BCUT2D eigenvalue weighted by atomic mass is 32.2. The number of esters is 1. The molecule has 1 aromatic carbocycles. The number of benzene rings is 1. The summed E-state index contributed by atoms with van der Waals surface area (Å²) < 4.78 is 5.10. The molecule has 33 heavy (non-hydrogen) atoms. The number of carbonyl (C=O) groups is 4. The Morgan fingerprint density at radius 1 is 1.24 bits per heavy atom. The largest absolute Gasteiger partial charge is 0.452 e. The van der Waals surface area contributed by atoms with E-state index >= 15 is 0 Å². The number of amidine groups is 1. The van der Waals surface area contributed by atoms with E-state index in [1.54, 1.807) is 25.2 Å². The maximum atomic E-state index is 12.5. The average Bonchev–Trinajstić information content (AvgIpc) is 3.17. The lowest BCUT2D eigenvalue weighted by molar-refractivity contribution is -0.134. The number of amides is 3. The van der Waals surface area contributed by atoms with Gasteiger partial charge in [-0.05, 0) is 51.3 Å². The lowest BCUT2D eigenvalue weighted by atomic mass is 10.1. The zero-order valence-corrected chi connectivity index (χ0v) is 20.0. The van der Waals surface area contributed by atoms with Crippen molar-refractivity contribution < 1.29 is 23.9 Å². The highest BCUT2D eigenvalue weighted by Gasteiger charge is 2.33. The van der Waals surface area contributed by atoms with Crippen molar-refractivity contribution in [2.24, 2.45) is 4.99 Å². The maximum absolute atomic E-state index is 12.5. The maximum Gasteiger partial charge on any atom is 0.338 e. The van der Waals surface area contributed by atoms with Gasteiger partial charge < -0.3 is 19.9 Å². The van der Waals surface area contributed by atoms with Gasteiger partial charge in [0, 0.05) is 38.3 Å². The molecule has 1 saturated heterocycles. The number of piperidine rings is 1. The first-order valence-electron chi connectivity index (χ1n) is 11.1. The molecule has 0 aromatic heterocycles. The van der Waals surface area contributed by atoms with E-state index in [0.29, 0.717) is 10.9 Å². The molecule has 2 aliphatic heterocycles. The van der Waals surface area contributed by atoms with Gasteiger partial charge in [0.05, 0.1) is 5.56 Å². The van der Waals surface area contributed by atoms with Crippen LogP contribution in [-0.4, -0.2) is 76.7 Å². The van der Waals surface area contributed by atoms with Gasteiger partial charge >= 0.3 is 5.97 Å². The van der Waals surface area contributed by atoms with Crippen LogP contribution in [0.15, 0.2) is 29.3 Å². The summed E-state index contributed by atoms with van der Waals surface area (Å²) in [5, 5.41) is 2.89. The number of thioether (sulfide) groups is 1. The monoisotopic (exact) mass is 474 g/mol. The van der Waals surface area contributed by atoms with E-state index < -0.39 is 11.2 Å². The van der Waals surface area contributed by atoms with Crippen LogP contribution in [0.4, 0.5) is 5.69 Å². The summed E-state index contributed by atoms with van der Waals surface area (Å²) in [6, 6.07) is 6.29. The molecular weight excluding hydrogens is 444 g/mol. The Bertz CT molecular complexity index is 943. The highest BCUT2D eigenvalue weighted by molar-refractivity contribution is 8.15. The third kappa shape index (κ3) is 6.80. The second-order valence-corrected chi connectivity index (χ2v) is 9.56. The number of rotatable bonds is 7. The third-order valence-corrected chi connectivity index (χ3v) is 6.82. The standard InChI is InChI=1S/C23H30N4O5S/c1-15(2)26(3)20(29)14-32-22(31)16-8-7-9-17(12-16)24-19(28)13-18-21(30)25-23(33-18)27-10-5-4-6-11-27/h7-9,12,15,18H,4-6,10-11,13-14H2,1-3H3,(H,24,28). The van der Waals surface area contributed by atoms with E-state index in [4.69, 9.17) is 4.74 Å². The van der Waals surface area contributed by atoms with Crippen molar-refractivity contribution in [3.63, 3.8) is 0 Å². The molecule has 1 fully saturated rings. The number of anilines is 1. The van der Waals surface area contributed by atoms with Crippen molar-refractivity contribution in [3.8, 4) is 0 Å². The number of carbonyl (C=O) groups excluding carboxylic acids is 4. The summed E-state index contributed by atoms with van der Waals surface area (Å²) in [5.74, 6) is -1.58. The van der Waals surface area contributed by atoms with Crippen LogP contribution >= 0.6 is 11.8 Å². The van der Waals surface area contributed by atoms with Gasteiger partial charge in [-0.15, -0.1) is 0 Å². The van der Waals surface area contributed by atoms with Crippen molar-refractivity contribution in [1.29, 1.82) is 0 Å². The zero-order valence-electron chi connectivity index (χ0n) is 19.2. The lowest BCUT2D eigenvalue weighted by Gasteiger charge is -2.27. The van der Waals surface area contributed by atoms with Gasteiger partial charge in [0.2, 0.25) is 5.91 Å². The Morgan fingerprint density at radius 2 is 1.97 bits per heavy atom. The molecule has 0 spiro atoms. The first kappa shape index (κ1) is 24.8. The number of aliphatic imine (C=N–C) groups is 1. The van der Waals surface area contributed by atoms with Crippen LogP contribution < -0.4 is 5.32 Å². The van der Waals surface area contributed by atoms with Crippen LogP contribution in [0.2, 0.25) is 0 Å². The van der Waals surface area contributed by atoms with Crippen LogP contribution in [0.5, 0.6) is 0 Å². The minimum absolute atomic E-state index is 0.000914. The molecule has 1 unspecified atom stereocenters. The normalized spacial score (nSPS) is 18.2. The Morgan fingerprint density at radius 3 is 2.67 bits per heavy atom. The molecule has 9 nitrogen and oxygen atoms in total. The van der Waals surface area contributed by atoms with Crippen molar-refractivity contribution in [3.05, 3.63) is 29.8 Å². The second kappa shape index (κ2) is 11.3. The van der Waals surface area contributed by atoms with E-state index in [2.05, 4.69) is 15.2 Å². The Hall–Kier alpha value is -2.88. The molecule has 0 radical (unpaired) electrons. The number of hydrogen-bond donors (Lipinski definition) is 1. The molecule has 1 aromatic rings. The summed E-state index contributed by atoms with van der Waals surface area (Å²) in [6.45, 7) is 5.15. The molecule has 178 valence electrons. The summed E-state index contributed by atoms with van der Waals surface area (Å²) in [5.41, 5.74) is 0.627. The molecular formula is C23H30N4O5S. The molecule has 0 saturated carbocycles. The molecule has 2 heterocycles. The number of likely N-dealkylation sites (N-methyl/N-ethyl adjacent to an activating group) is 1. The Kier molecular flexibility index (Phi) is 8.49. The number of nitrogens with one attached hydrogen (secondary N) is 1. The van der Waals surface area contributed by atoms with Crippen LogP contribution in [0, 0.1) is 0 Å². The zero-order chi connectivity index (χ0) is 24.0. The predicted molar refractivity (Wildman–Crippen MR) is 127 cm³/mol. The van der Waals surface area contributed by atoms with Crippen LogP contribution in [0.3, 0.4) is 0 Å². The smallest absolute Gasteiger partial charge is 0.338 e. The summed E-state index contributed by atoms with van der Waals surface area (Å²) in [6.07, 6.45) is 3.35. The number of ether oxygens (including phenoxy) is 1. The Balaban J connectivity index is 1.50. The molecule has 1 atom stereocenters. The molecule has 3 rings (SSSR count). The van der Waals surface area contributed by atoms with E-state index in [0.717, 1.165) is 25.9 Å². The van der Waals surface area contributed by atoms with E-state index in [9.17, 15) is 19.2 Å². The van der Waals surface area contributed by atoms with Gasteiger partial charge in [0.25, 0.3) is 11.8 Å². The minimum atomic E-state index is -0.655. The number of nitrogens with zero attached hydrogens (tertiary/aromatic N) is 3. The van der Waals surface area contributed by atoms with Gasteiger partial charge in [-0.2, -0.15) is 4.99 Å². The van der Waals surface area contributed by atoms with Crippen LogP contribution in [-0.2, 0) is 19.1 Å². The van der Waals surface area contributed by atoms with Gasteiger partial charge in [0.15, 0.2) is 11.8 Å². The number of hydrogen-bond acceptors (Lipinski definition) is 7. The molecule has 2 aliphatic rings. The van der Waals surface area contributed by atoms with Gasteiger partial charge in [-0.1, -0.05) is 17.8 Å². The van der Waals surface area contributed by atoms with E-state index in [1.165, 1.54) is 29.1 Å². The Labute approximate surface area is 197 Å². The average molecular weight is 475 g/mol. The number of likely N-dealkylation sites (tertiary alicyclic amines) is 1. The lowest BCUT2D eigenvalue weighted by Crippen LogP contribution is -2.36. The first-order chi connectivity index (χ1) is 15.7. The van der Waals surface area contributed by atoms with Crippen molar-refractivity contribution >= 4 is 46.3 Å². The molecule has 10 heteroatoms. The van der Waals surface area contributed by atoms with E-state index in [1.807, 2.05) is 13.8 Å². The second-order valence-electron chi connectivity index (χ2n) is 8.39. The summed E-state index contributed by atoms with van der Waals surface area (Å²) in [4.78, 5) is 56.9. The molecule has 0 bridgehead atoms. The predicted octanol–water partition coefficient (Wildman–Crippen LogP) is 2.52. The first-order valence-corrected chi connectivity index (χ1v) is 12.0. The van der Waals surface area contributed by atoms with Crippen molar-refractivity contribution in [1.82, 2.24) is 9.80 Å². The molecule has 1 N–H and O–H groups in total. The van der Waals surface area contributed by atoms with Crippen LogP contribution in [0.25, 0.3) is 0 Å². The van der Waals surface area contributed by atoms with Gasteiger partial charge in [-0.25, -0.2) is 4.79 Å². The minimum Gasteiger partial charge on any atom is -0.452 e. The summed E-state index contributed by atoms with van der Waals surface area (Å²) >= 11 is 1.34. The topological polar surface area (TPSA) is 108 Å². The SMILES string of the molecule is CC(C)N(C)C(=O)COC(=O)c1cccc(NC(=O)CC2SC(N3CCCCC3)=NC2=O)c1. The third-order valence-electron chi connectivity index (χ3n) is 5.60. The van der Waals surface area contributed by atoms with Crippen molar-refractivity contribution in [2.45, 2.75) is 50.8 Å². The quantitative estimate of drug-likeness (QED) is 0.605. The van der Waals surface area contributed by atoms with E-state index in [-0.39, 0.29) is 42.4 Å². The fourth-order valence-electron chi connectivity index (χ4n) is 3.43. The molecule has 3 amide bonds. The fraction of sp³-hybridized carbons (Fsp3) is 0.522. The molecule has 0 aliphatic carbocycles. The fourth-order valence-corrected chi connectivity index (χ4v) is 4.55.